The van der Waals surface area contributed by atoms with Crippen LogP contribution in [0.25, 0.3) is 0 Å². The van der Waals surface area contributed by atoms with Crippen molar-refractivity contribution < 1.29 is 9.84 Å². The minimum absolute atomic E-state index is 0.138. The average Bonchev–Trinajstić information content (AvgIpc) is 3.34. The number of aliphatic hydroxyl groups is 1. The van der Waals surface area contributed by atoms with E-state index in [1.165, 1.54) is 56.4 Å². The molecule has 4 aliphatic rings. The zero-order chi connectivity index (χ0) is 20.3. The minimum Gasteiger partial charge on any atom is -0.495 e. The van der Waals surface area contributed by atoms with E-state index in [-0.39, 0.29) is 16.9 Å². The highest BCUT2D eigenvalue weighted by atomic mass is 16.5. The molecular formula is C26H32N2O2. The molecule has 0 aromatic heterocycles. The molecule has 30 heavy (non-hydrogen) atoms. The molecule has 1 saturated carbocycles. The van der Waals surface area contributed by atoms with Crippen LogP contribution in [-0.4, -0.2) is 42.3 Å². The van der Waals surface area contributed by atoms with Crippen LogP contribution in [0.5, 0.6) is 5.75 Å². The van der Waals surface area contributed by atoms with Gasteiger partial charge in [0.25, 0.3) is 0 Å². The van der Waals surface area contributed by atoms with Gasteiger partial charge in [-0.05, 0) is 74.2 Å². The number of nitrogens with zero attached hydrogens (tertiary/aromatic N) is 1. The number of ether oxygens (including phenoxy) is 1. The SMILES string of the molecule is COc1cccc2c1NC1CCC3(CC(O)c4ccccc4)CCCN4CCC21C43. The van der Waals surface area contributed by atoms with Gasteiger partial charge in [0.05, 0.1) is 18.9 Å². The normalized spacial score (nSPS) is 35.1. The Labute approximate surface area is 179 Å². The Morgan fingerprint density at radius 3 is 2.80 bits per heavy atom. The van der Waals surface area contributed by atoms with Crippen molar-refractivity contribution in [2.75, 3.05) is 25.5 Å². The van der Waals surface area contributed by atoms with Crippen LogP contribution in [-0.2, 0) is 5.41 Å². The summed E-state index contributed by atoms with van der Waals surface area (Å²) in [5.74, 6) is 0.973. The Hall–Kier alpha value is -2.04. The van der Waals surface area contributed by atoms with Crippen LogP contribution in [0.1, 0.15) is 55.8 Å². The van der Waals surface area contributed by atoms with Gasteiger partial charge in [-0.3, -0.25) is 4.90 Å². The summed E-state index contributed by atoms with van der Waals surface area (Å²) in [5, 5.41) is 15.2. The maximum absolute atomic E-state index is 11.3. The van der Waals surface area contributed by atoms with Gasteiger partial charge < -0.3 is 15.2 Å². The lowest BCUT2D eigenvalue weighted by atomic mass is 9.51. The summed E-state index contributed by atoms with van der Waals surface area (Å²) in [6.45, 7) is 2.37. The molecule has 1 aliphatic carbocycles. The van der Waals surface area contributed by atoms with E-state index < -0.39 is 0 Å². The third kappa shape index (κ3) is 2.41. The third-order valence-electron chi connectivity index (χ3n) is 8.77. The Morgan fingerprint density at radius 2 is 1.97 bits per heavy atom. The second-order valence-corrected chi connectivity index (χ2v) is 9.94. The van der Waals surface area contributed by atoms with E-state index in [1.807, 2.05) is 18.2 Å². The van der Waals surface area contributed by atoms with Gasteiger partial charge in [0.1, 0.15) is 5.75 Å². The van der Waals surface area contributed by atoms with E-state index in [9.17, 15) is 5.11 Å². The largest absolute Gasteiger partial charge is 0.495 e. The van der Waals surface area contributed by atoms with Gasteiger partial charge >= 0.3 is 0 Å². The van der Waals surface area contributed by atoms with Crippen molar-refractivity contribution in [1.82, 2.24) is 4.90 Å². The monoisotopic (exact) mass is 404 g/mol. The molecule has 158 valence electrons. The van der Waals surface area contributed by atoms with Crippen LogP contribution < -0.4 is 10.1 Å². The fourth-order valence-electron chi connectivity index (χ4n) is 7.76. The molecule has 2 N–H and O–H groups in total. The molecule has 2 saturated heterocycles. The molecule has 0 radical (unpaired) electrons. The number of hydrogen-bond donors (Lipinski definition) is 2. The molecule has 2 aromatic rings. The smallest absolute Gasteiger partial charge is 0.142 e. The molecule has 2 aromatic carbocycles. The Bertz CT molecular complexity index is 947. The van der Waals surface area contributed by atoms with Crippen molar-refractivity contribution in [3.63, 3.8) is 0 Å². The standard InChI is InChI=1S/C26H32N2O2/c1-30-21-10-5-9-19-23(21)27-22-11-13-25(17-20(29)18-7-3-2-4-8-18)12-6-15-28-16-14-26(19,22)24(25)28/h2-5,7-10,20,22,24,27,29H,6,11-17H2,1H3. The number of benzene rings is 2. The van der Waals surface area contributed by atoms with E-state index in [0.717, 1.165) is 17.7 Å². The van der Waals surface area contributed by atoms with Crippen LogP contribution in [0.15, 0.2) is 48.5 Å². The number of nitrogens with one attached hydrogen (secondary N) is 1. The van der Waals surface area contributed by atoms with Gasteiger partial charge in [-0.15, -0.1) is 0 Å². The summed E-state index contributed by atoms with van der Waals surface area (Å²) in [5.41, 5.74) is 4.05. The molecule has 4 nitrogen and oxygen atoms in total. The summed E-state index contributed by atoms with van der Waals surface area (Å²) in [6, 6.07) is 17.8. The number of methoxy groups -OCH3 is 1. The highest BCUT2D eigenvalue weighted by molar-refractivity contribution is 5.71. The molecule has 3 fully saturated rings. The minimum atomic E-state index is -0.389. The third-order valence-corrected chi connectivity index (χ3v) is 8.77. The summed E-state index contributed by atoms with van der Waals surface area (Å²) in [7, 11) is 1.78. The quantitative estimate of drug-likeness (QED) is 0.788. The Balaban J connectivity index is 1.44. The van der Waals surface area contributed by atoms with Crippen LogP contribution in [0.2, 0.25) is 0 Å². The zero-order valence-electron chi connectivity index (χ0n) is 17.8. The van der Waals surface area contributed by atoms with Crippen molar-refractivity contribution in [3.8, 4) is 5.75 Å². The van der Waals surface area contributed by atoms with E-state index in [0.29, 0.717) is 12.1 Å². The van der Waals surface area contributed by atoms with E-state index >= 15 is 0 Å². The number of anilines is 1. The Morgan fingerprint density at radius 1 is 1.10 bits per heavy atom. The summed E-state index contributed by atoms with van der Waals surface area (Å²) < 4.78 is 5.73. The number of piperidine rings is 1. The van der Waals surface area contributed by atoms with Gasteiger partial charge in [-0.25, -0.2) is 0 Å². The number of hydrogen-bond acceptors (Lipinski definition) is 4. The lowest BCUT2D eigenvalue weighted by Crippen LogP contribution is -2.63. The number of para-hydroxylation sites is 1. The van der Waals surface area contributed by atoms with Gasteiger partial charge in [0.2, 0.25) is 0 Å². The molecule has 0 bridgehead atoms. The molecule has 4 heteroatoms. The Kier molecular flexibility index (Phi) is 4.20. The number of aliphatic hydroxyl groups excluding tert-OH is 1. The fraction of sp³-hybridized carbons (Fsp3) is 0.538. The van der Waals surface area contributed by atoms with Crippen molar-refractivity contribution in [1.29, 1.82) is 0 Å². The van der Waals surface area contributed by atoms with Gasteiger partial charge in [-0.1, -0.05) is 42.5 Å². The molecule has 1 spiro atoms. The maximum Gasteiger partial charge on any atom is 0.142 e. The average molecular weight is 405 g/mol. The molecule has 3 aliphatic heterocycles. The molecule has 3 heterocycles. The van der Waals surface area contributed by atoms with Crippen molar-refractivity contribution in [3.05, 3.63) is 59.7 Å². The molecule has 5 atom stereocenters. The van der Waals surface area contributed by atoms with Gasteiger partial charge in [0.15, 0.2) is 0 Å². The molecule has 5 unspecified atom stereocenters. The predicted molar refractivity (Wildman–Crippen MR) is 119 cm³/mol. The summed E-state index contributed by atoms with van der Waals surface area (Å²) in [6.07, 6.45) is 6.52. The second kappa shape index (κ2) is 6.73. The summed E-state index contributed by atoms with van der Waals surface area (Å²) in [4.78, 5) is 2.77. The highest BCUT2D eigenvalue weighted by Crippen LogP contribution is 2.65. The summed E-state index contributed by atoms with van der Waals surface area (Å²) >= 11 is 0. The fourth-order valence-corrected chi connectivity index (χ4v) is 7.76. The second-order valence-electron chi connectivity index (χ2n) is 9.94. The van der Waals surface area contributed by atoms with Crippen LogP contribution in [0.4, 0.5) is 5.69 Å². The highest BCUT2D eigenvalue weighted by Gasteiger charge is 2.67. The first kappa shape index (κ1) is 18.7. The van der Waals surface area contributed by atoms with Crippen molar-refractivity contribution in [2.45, 2.75) is 62.1 Å². The lowest BCUT2D eigenvalue weighted by molar-refractivity contribution is -0.0580. The van der Waals surface area contributed by atoms with E-state index in [2.05, 4.69) is 40.5 Å². The van der Waals surface area contributed by atoms with Crippen LogP contribution in [0.3, 0.4) is 0 Å². The topological polar surface area (TPSA) is 44.7 Å². The lowest BCUT2D eigenvalue weighted by Gasteiger charge is -2.58. The first-order valence-corrected chi connectivity index (χ1v) is 11.6. The zero-order valence-corrected chi connectivity index (χ0v) is 17.8. The van der Waals surface area contributed by atoms with Crippen molar-refractivity contribution in [2.24, 2.45) is 5.41 Å². The van der Waals surface area contributed by atoms with Crippen LogP contribution in [0, 0.1) is 5.41 Å². The van der Waals surface area contributed by atoms with E-state index in [1.54, 1.807) is 7.11 Å². The molecule has 6 rings (SSSR count). The van der Waals surface area contributed by atoms with Crippen LogP contribution >= 0.6 is 0 Å². The number of fused-ring (bicyclic) bond motifs is 1. The molecular weight excluding hydrogens is 372 g/mol. The first-order valence-electron chi connectivity index (χ1n) is 11.6. The first-order chi connectivity index (χ1) is 14.7. The van der Waals surface area contributed by atoms with Gasteiger partial charge in [0, 0.05) is 17.5 Å². The van der Waals surface area contributed by atoms with E-state index in [4.69, 9.17) is 4.74 Å². The predicted octanol–water partition coefficient (Wildman–Crippen LogP) is 4.50. The maximum atomic E-state index is 11.3. The van der Waals surface area contributed by atoms with Crippen molar-refractivity contribution >= 4 is 5.69 Å². The number of rotatable bonds is 4. The molecule has 0 amide bonds. The van der Waals surface area contributed by atoms with Gasteiger partial charge in [-0.2, -0.15) is 0 Å².